The second kappa shape index (κ2) is 7.94. The number of rotatable bonds is 4. The second-order valence-corrected chi connectivity index (χ2v) is 7.25. The number of alkyl halides is 3. The molecule has 0 saturated carbocycles. The average molecular weight is 427 g/mol. The molecule has 1 aliphatic rings. The maximum absolute atomic E-state index is 13.3. The van der Waals surface area contributed by atoms with Crippen molar-refractivity contribution in [3.63, 3.8) is 0 Å². The number of halogens is 3. The predicted octanol–water partition coefficient (Wildman–Crippen LogP) is 5.04. The van der Waals surface area contributed by atoms with Gasteiger partial charge in [-0.25, -0.2) is 4.98 Å². The molecule has 8 heteroatoms. The van der Waals surface area contributed by atoms with E-state index < -0.39 is 11.7 Å². The Morgan fingerprint density at radius 1 is 1.03 bits per heavy atom. The number of nitrogens with zero attached hydrogens (tertiary/aromatic N) is 3. The Morgan fingerprint density at radius 3 is 2.42 bits per heavy atom. The summed E-state index contributed by atoms with van der Waals surface area (Å²) in [5, 5.41) is 0. The molecule has 1 amide bonds. The van der Waals surface area contributed by atoms with Crippen LogP contribution in [0.1, 0.15) is 27.2 Å². The summed E-state index contributed by atoms with van der Waals surface area (Å²) in [5.74, 6) is 0.0465. The third kappa shape index (κ3) is 4.05. The Balaban J connectivity index is 1.79. The van der Waals surface area contributed by atoms with Gasteiger partial charge in [0.1, 0.15) is 0 Å². The molecule has 0 atom stereocenters. The topological polar surface area (TPSA) is 45.7 Å². The van der Waals surface area contributed by atoms with E-state index >= 15 is 0 Å². The van der Waals surface area contributed by atoms with Gasteiger partial charge in [-0.3, -0.25) is 9.69 Å². The number of benzene rings is 2. The van der Waals surface area contributed by atoms with Crippen LogP contribution >= 0.6 is 0 Å². The van der Waals surface area contributed by atoms with E-state index in [2.05, 4.69) is 4.98 Å². The Bertz CT molecular complexity index is 1120. The first-order valence-electron chi connectivity index (χ1n) is 9.61. The van der Waals surface area contributed by atoms with E-state index in [1.54, 1.807) is 24.0 Å². The molecule has 160 valence electrons. The number of ether oxygens (including phenoxy) is 1. The SMILES string of the molecule is COc1ccc(N2CN(Cc3ccccc3)c3cc(C(F)(F)F)ccc3C2=O)c(C)n1. The Hall–Kier alpha value is -3.55. The van der Waals surface area contributed by atoms with Crippen molar-refractivity contribution in [1.29, 1.82) is 0 Å². The number of hydrogen-bond acceptors (Lipinski definition) is 4. The zero-order chi connectivity index (χ0) is 22.2. The number of carbonyl (C=O) groups excluding carboxylic acids is 1. The molecule has 31 heavy (non-hydrogen) atoms. The van der Waals surface area contributed by atoms with Crippen LogP contribution in [0.25, 0.3) is 0 Å². The largest absolute Gasteiger partial charge is 0.481 e. The first kappa shape index (κ1) is 20.7. The van der Waals surface area contributed by atoms with Crippen LogP contribution in [0.4, 0.5) is 24.5 Å². The van der Waals surface area contributed by atoms with E-state index in [1.807, 2.05) is 30.3 Å². The van der Waals surface area contributed by atoms with Gasteiger partial charge < -0.3 is 9.64 Å². The van der Waals surface area contributed by atoms with Crippen LogP contribution in [0.3, 0.4) is 0 Å². The molecule has 0 N–H and O–H groups in total. The van der Waals surface area contributed by atoms with Crippen molar-refractivity contribution < 1.29 is 22.7 Å². The number of carbonyl (C=O) groups is 1. The van der Waals surface area contributed by atoms with Crippen LogP contribution in [0.15, 0.2) is 60.7 Å². The van der Waals surface area contributed by atoms with E-state index in [0.717, 1.165) is 17.7 Å². The smallest absolute Gasteiger partial charge is 0.416 e. The summed E-state index contributed by atoms with van der Waals surface area (Å²) in [4.78, 5) is 20.9. The van der Waals surface area contributed by atoms with Crippen molar-refractivity contribution in [2.24, 2.45) is 0 Å². The number of hydrogen-bond donors (Lipinski definition) is 0. The van der Waals surface area contributed by atoms with Gasteiger partial charge in [0.15, 0.2) is 0 Å². The lowest BCUT2D eigenvalue weighted by Crippen LogP contribution is -2.47. The average Bonchev–Trinajstić information content (AvgIpc) is 2.75. The van der Waals surface area contributed by atoms with Gasteiger partial charge >= 0.3 is 6.18 Å². The number of amides is 1. The molecule has 0 radical (unpaired) electrons. The molecule has 0 saturated heterocycles. The quantitative estimate of drug-likeness (QED) is 0.585. The highest BCUT2D eigenvalue weighted by Gasteiger charge is 2.36. The molecular weight excluding hydrogens is 407 g/mol. The Labute approximate surface area is 177 Å². The zero-order valence-corrected chi connectivity index (χ0v) is 17.0. The molecule has 2 heterocycles. The van der Waals surface area contributed by atoms with Crippen LogP contribution < -0.4 is 14.5 Å². The van der Waals surface area contributed by atoms with Crippen molar-refractivity contribution >= 4 is 17.3 Å². The summed E-state index contributed by atoms with van der Waals surface area (Å²) in [5.41, 5.74) is 1.78. The molecule has 0 fully saturated rings. The number of fused-ring (bicyclic) bond motifs is 1. The fraction of sp³-hybridized carbons (Fsp3) is 0.217. The summed E-state index contributed by atoms with van der Waals surface area (Å²) in [7, 11) is 1.50. The lowest BCUT2D eigenvalue weighted by molar-refractivity contribution is -0.137. The second-order valence-electron chi connectivity index (χ2n) is 7.25. The Kier molecular flexibility index (Phi) is 5.31. The van der Waals surface area contributed by atoms with Gasteiger partial charge in [-0.15, -0.1) is 0 Å². The molecular formula is C23H20F3N3O2. The molecule has 1 aromatic heterocycles. The van der Waals surface area contributed by atoms with Gasteiger partial charge in [0, 0.05) is 12.6 Å². The Morgan fingerprint density at radius 2 is 1.77 bits per heavy atom. The molecule has 4 rings (SSSR count). The van der Waals surface area contributed by atoms with Gasteiger partial charge in [0.2, 0.25) is 5.88 Å². The predicted molar refractivity (Wildman–Crippen MR) is 111 cm³/mol. The van der Waals surface area contributed by atoms with E-state index in [4.69, 9.17) is 4.74 Å². The van der Waals surface area contributed by atoms with Gasteiger partial charge in [0.05, 0.1) is 42.0 Å². The van der Waals surface area contributed by atoms with Crippen LogP contribution in [-0.2, 0) is 12.7 Å². The third-order valence-corrected chi connectivity index (χ3v) is 5.20. The van der Waals surface area contributed by atoms with E-state index in [9.17, 15) is 18.0 Å². The normalized spacial score (nSPS) is 13.9. The highest BCUT2D eigenvalue weighted by Crippen LogP contribution is 2.38. The van der Waals surface area contributed by atoms with Gasteiger partial charge in [-0.05, 0) is 36.8 Å². The lowest BCUT2D eigenvalue weighted by Gasteiger charge is -2.39. The molecule has 2 aromatic carbocycles. The minimum Gasteiger partial charge on any atom is -0.481 e. The van der Waals surface area contributed by atoms with Crippen molar-refractivity contribution in [3.05, 3.63) is 83.0 Å². The number of methoxy groups -OCH3 is 1. The number of aromatic nitrogens is 1. The highest BCUT2D eigenvalue weighted by atomic mass is 19.4. The molecule has 1 aliphatic heterocycles. The van der Waals surface area contributed by atoms with E-state index in [-0.39, 0.29) is 23.8 Å². The zero-order valence-electron chi connectivity index (χ0n) is 17.0. The van der Waals surface area contributed by atoms with Crippen LogP contribution in [0, 0.1) is 6.92 Å². The van der Waals surface area contributed by atoms with Gasteiger partial charge in [-0.2, -0.15) is 13.2 Å². The summed E-state index contributed by atoms with van der Waals surface area (Å²) in [6.07, 6.45) is -4.50. The van der Waals surface area contributed by atoms with E-state index in [0.29, 0.717) is 23.8 Å². The standard InChI is InChI=1S/C23H20F3N3O2/c1-15-19(10-11-21(27-15)31-2)29-14-28(13-16-6-4-3-5-7-16)20-12-17(23(24,25)26)8-9-18(20)22(29)30/h3-12H,13-14H2,1-2H3. The summed E-state index contributed by atoms with van der Waals surface area (Å²) in [6, 6.07) is 16.0. The number of anilines is 2. The summed E-state index contributed by atoms with van der Waals surface area (Å²) < 4.78 is 45.2. The first-order valence-corrected chi connectivity index (χ1v) is 9.61. The number of pyridine rings is 1. The maximum atomic E-state index is 13.3. The number of aryl methyl sites for hydroxylation is 1. The monoisotopic (exact) mass is 427 g/mol. The first-order chi connectivity index (χ1) is 14.8. The molecule has 0 spiro atoms. The van der Waals surface area contributed by atoms with Gasteiger partial charge in [-0.1, -0.05) is 30.3 Å². The lowest BCUT2D eigenvalue weighted by atomic mass is 10.0. The van der Waals surface area contributed by atoms with E-state index in [1.165, 1.54) is 18.1 Å². The molecule has 0 bridgehead atoms. The fourth-order valence-corrected chi connectivity index (χ4v) is 3.66. The van der Waals surface area contributed by atoms with Gasteiger partial charge in [0.25, 0.3) is 5.91 Å². The minimum atomic E-state index is -4.50. The van der Waals surface area contributed by atoms with Crippen molar-refractivity contribution in [1.82, 2.24) is 4.98 Å². The maximum Gasteiger partial charge on any atom is 0.416 e. The van der Waals surface area contributed by atoms with Crippen LogP contribution in [0.5, 0.6) is 5.88 Å². The van der Waals surface area contributed by atoms with Crippen LogP contribution in [-0.4, -0.2) is 24.7 Å². The molecule has 3 aromatic rings. The molecule has 0 aliphatic carbocycles. The summed E-state index contributed by atoms with van der Waals surface area (Å²) in [6.45, 7) is 2.20. The van der Waals surface area contributed by atoms with Crippen LogP contribution in [0.2, 0.25) is 0 Å². The highest BCUT2D eigenvalue weighted by molar-refractivity contribution is 6.12. The third-order valence-electron chi connectivity index (χ3n) is 5.20. The van der Waals surface area contributed by atoms with Crippen molar-refractivity contribution in [3.8, 4) is 5.88 Å². The van der Waals surface area contributed by atoms with Crippen molar-refractivity contribution in [2.45, 2.75) is 19.6 Å². The minimum absolute atomic E-state index is 0.0941. The molecule has 5 nitrogen and oxygen atoms in total. The summed E-state index contributed by atoms with van der Waals surface area (Å²) >= 11 is 0. The fourth-order valence-electron chi connectivity index (χ4n) is 3.66. The van der Waals surface area contributed by atoms with Crippen molar-refractivity contribution in [2.75, 3.05) is 23.6 Å². The molecule has 0 unspecified atom stereocenters.